The molecule has 1 heterocycles. The SMILES string of the molecule is CC(C)C(NS(=O)(=O)C=Cc1ccccc1)C(=O)NNC(=O)c1cc(-c2ccccc2Cl)nc2ccccc12. The fourth-order valence-corrected chi connectivity index (χ4v) is 5.26. The molecule has 1 atom stereocenters. The van der Waals surface area contributed by atoms with Crippen molar-refractivity contribution >= 4 is 50.4 Å². The lowest BCUT2D eigenvalue weighted by Gasteiger charge is -2.21. The Morgan fingerprint density at radius 2 is 1.56 bits per heavy atom. The lowest BCUT2D eigenvalue weighted by Crippen LogP contribution is -2.54. The molecule has 200 valence electrons. The van der Waals surface area contributed by atoms with E-state index in [2.05, 4.69) is 20.6 Å². The van der Waals surface area contributed by atoms with Crippen molar-refractivity contribution in [1.82, 2.24) is 20.6 Å². The van der Waals surface area contributed by atoms with E-state index in [0.717, 1.165) is 5.41 Å². The van der Waals surface area contributed by atoms with Gasteiger partial charge < -0.3 is 0 Å². The number of amides is 2. The van der Waals surface area contributed by atoms with Gasteiger partial charge in [0.05, 0.1) is 16.8 Å². The predicted octanol–water partition coefficient (Wildman–Crippen LogP) is 4.93. The molecule has 0 aliphatic heterocycles. The molecule has 0 spiro atoms. The highest BCUT2D eigenvalue weighted by atomic mass is 35.5. The minimum Gasteiger partial charge on any atom is -0.271 e. The molecule has 0 bridgehead atoms. The average Bonchev–Trinajstić information content (AvgIpc) is 2.93. The zero-order valence-corrected chi connectivity index (χ0v) is 22.8. The Kier molecular flexibility index (Phi) is 8.75. The second-order valence-electron chi connectivity index (χ2n) is 9.09. The van der Waals surface area contributed by atoms with Crippen LogP contribution in [0.25, 0.3) is 28.2 Å². The van der Waals surface area contributed by atoms with Gasteiger partial charge in [-0.15, -0.1) is 0 Å². The molecule has 0 saturated heterocycles. The van der Waals surface area contributed by atoms with Crippen LogP contribution in [0.3, 0.4) is 0 Å². The van der Waals surface area contributed by atoms with Gasteiger partial charge in [0.25, 0.3) is 11.8 Å². The van der Waals surface area contributed by atoms with E-state index >= 15 is 0 Å². The summed E-state index contributed by atoms with van der Waals surface area (Å²) in [5.74, 6) is -1.71. The molecule has 8 nitrogen and oxygen atoms in total. The topological polar surface area (TPSA) is 117 Å². The minimum absolute atomic E-state index is 0.267. The summed E-state index contributed by atoms with van der Waals surface area (Å²) in [4.78, 5) is 30.8. The van der Waals surface area contributed by atoms with Gasteiger partial charge in [-0.2, -0.15) is 4.72 Å². The van der Waals surface area contributed by atoms with Crippen molar-refractivity contribution in [2.24, 2.45) is 5.92 Å². The van der Waals surface area contributed by atoms with E-state index in [1.165, 1.54) is 6.08 Å². The summed E-state index contributed by atoms with van der Waals surface area (Å²) in [5, 5.41) is 2.06. The molecule has 4 aromatic rings. The number of hydrogen-bond donors (Lipinski definition) is 3. The number of hydrazine groups is 1. The fraction of sp³-hybridized carbons (Fsp3) is 0.138. The van der Waals surface area contributed by atoms with Crippen molar-refractivity contribution in [3.63, 3.8) is 0 Å². The maximum absolute atomic E-state index is 13.2. The van der Waals surface area contributed by atoms with Crippen LogP contribution in [0.2, 0.25) is 5.02 Å². The van der Waals surface area contributed by atoms with E-state index < -0.39 is 33.8 Å². The van der Waals surface area contributed by atoms with Crippen molar-refractivity contribution in [1.29, 1.82) is 0 Å². The number of benzene rings is 3. The van der Waals surface area contributed by atoms with Gasteiger partial charge in [-0.1, -0.05) is 92.2 Å². The Hall–Kier alpha value is -4.05. The Balaban J connectivity index is 1.52. The van der Waals surface area contributed by atoms with Crippen LogP contribution in [0.4, 0.5) is 0 Å². The van der Waals surface area contributed by atoms with Gasteiger partial charge in [-0.05, 0) is 35.8 Å². The van der Waals surface area contributed by atoms with Crippen molar-refractivity contribution in [3.05, 3.63) is 106 Å². The van der Waals surface area contributed by atoms with E-state index in [4.69, 9.17) is 11.6 Å². The number of hydrogen-bond acceptors (Lipinski definition) is 5. The molecule has 10 heteroatoms. The quantitative estimate of drug-likeness (QED) is 0.263. The maximum Gasteiger partial charge on any atom is 0.270 e. The number of fused-ring (bicyclic) bond motifs is 1. The van der Waals surface area contributed by atoms with Gasteiger partial charge >= 0.3 is 0 Å². The first-order valence-electron chi connectivity index (χ1n) is 12.1. The second kappa shape index (κ2) is 12.2. The van der Waals surface area contributed by atoms with Gasteiger partial charge in [0, 0.05) is 21.4 Å². The molecule has 0 aliphatic carbocycles. The number of rotatable bonds is 8. The third-order valence-corrected chi connectivity index (χ3v) is 7.30. The summed E-state index contributed by atoms with van der Waals surface area (Å²) < 4.78 is 27.7. The predicted molar refractivity (Wildman–Crippen MR) is 154 cm³/mol. The highest BCUT2D eigenvalue weighted by molar-refractivity contribution is 7.92. The second-order valence-corrected chi connectivity index (χ2v) is 11.1. The van der Waals surface area contributed by atoms with Crippen LogP contribution in [0.5, 0.6) is 0 Å². The first kappa shape index (κ1) is 28.0. The van der Waals surface area contributed by atoms with Crippen LogP contribution in [-0.2, 0) is 14.8 Å². The van der Waals surface area contributed by atoms with Crippen LogP contribution in [0.1, 0.15) is 29.8 Å². The molecule has 3 aromatic carbocycles. The number of aromatic nitrogens is 1. The Morgan fingerprint density at radius 3 is 2.28 bits per heavy atom. The molecule has 1 unspecified atom stereocenters. The Morgan fingerprint density at radius 1 is 0.897 bits per heavy atom. The molecule has 1 aromatic heterocycles. The molecular formula is C29H27ClN4O4S. The molecule has 0 saturated carbocycles. The highest BCUT2D eigenvalue weighted by Crippen LogP contribution is 2.29. The van der Waals surface area contributed by atoms with E-state index in [1.807, 2.05) is 12.1 Å². The van der Waals surface area contributed by atoms with Crippen LogP contribution in [0, 0.1) is 5.92 Å². The van der Waals surface area contributed by atoms with E-state index in [0.29, 0.717) is 32.7 Å². The summed E-state index contributed by atoms with van der Waals surface area (Å²) >= 11 is 6.36. The maximum atomic E-state index is 13.2. The lowest BCUT2D eigenvalue weighted by molar-refractivity contribution is -0.124. The van der Waals surface area contributed by atoms with Crippen molar-refractivity contribution in [2.75, 3.05) is 0 Å². The summed E-state index contributed by atoms with van der Waals surface area (Å²) in [5.41, 5.74) is 7.45. The molecule has 4 rings (SSSR count). The smallest absolute Gasteiger partial charge is 0.270 e. The van der Waals surface area contributed by atoms with Crippen molar-refractivity contribution < 1.29 is 18.0 Å². The fourth-order valence-electron chi connectivity index (χ4n) is 3.87. The molecule has 39 heavy (non-hydrogen) atoms. The number of pyridine rings is 1. The van der Waals surface area contributed by atoms with E-state index in [9.17, 15) is 18.0 Å². The molecule has 2 amide bonds. The van der Waals surface area contributed by atoms with Crippen molar-refractivity contribution in [3.8, 4) is 11.3 Å². The number of para-hydroxylation sites is 1. The van der Waals surface area contributed by atoms with Gasteiger partial charge in [0.15, 0.2) is 0 Å². The zero-order chi connectivity index (χ0) is 28.0. The lowest BCUT2D eigenvalue weighted by atomic mass is 10.0. The number of halogens is 1. The van der Waals surface area contributed by atoms with Gasteiger partial charge in [0.1, 0.15) is 6.04 Å². The summed E-state index contributed by atoms with van der Waals surface area (Å²) in [6.45, 7) is 3.39. The largest absolute Gasteiger partial charge is 0.271 e. The minimum atomic E-state index is -3.95. The molecule has 0 aliphatic rings. The molecule has 0 radical (unpaired) electrons. The number of carbonyl (C=O) groups is 2. The third kappa shape index (κ3) is 7.08. The molecule has 0 fully saturated rings. The van der Waals surface area contributed by atoms with Crippen molar-refractivity contribution in [2.45, 2.75) is 19.9 Å². The highest BCUT2D eigenvalue weighted by Gasteiger charge is 2.27. The Labute approximate surface area is 232 Å². The monoisotopic (exact) mass is 562 g/mol. The third-order valence-electron chi connectivity index (χ3n) is 5.89. The zero-order valence-electron chi connectivity index (χ0n) is 21.3. The van der Waals surface area contributed by atoms with Crippen LogP contribution < -0.4 is 15.6 Å². The van der Waals surface area contributed by atoms with Gasteiger partial charge in [-0.25, -0.2) is 13.4 Å². The number of sulfonamides is 1. The van der Waals surface area contributed by atoms with Gasteiger partial charge in [-0.3, -0.25) is 20.4 Å². The normalized spacial score (nSPS) is 12.5. The summed E-state index contributed by atoms with van der Waals surface area (Å²) in [6.07, 6.45) is 1.44. The Bertz CT molecular complexity index is 1640. The van der Waals surface area contributed by atoms with Gasteiger partial charge in [0.2, 0.25) is 10.0 Å². The summed E-state index contributed by atoms with van der Waals surface area (Å²) in [7, 11) is -3.95. The average molecular weight is 563 g/mol. The van der Waals surface area contributed by atoms with Crippen LogP contribution >= 0.6 is 11.6 Å². The van der Waals surface area contributed by atoms with Crippen LogP contribution in [-0.4, -0.2) is 31.3 Å². The van der Waals surface area contributed by atoms with E-state index in [-0.39, 0.29) is 5.56 Å². The number of nitrogens with one attached hydrogen (secondary N) is 3. The standard InChI is InChI=1S/C29H27ClN4O4S/c1-19(2)27(34-39(37,38)17-16-20-10-4-3-5-11-20)29(36)33-32-28(35)23-18-26(22-13-6-8-14-24(22)30)31-25-15-9-7-12-21(23)25/h3-19,27,34H,1-2H3,(H,32,35)(H,33,36). The molecule has 3 N–H and O–H groups in total. The number of nitrogens with zero attached hydrogens (tertiary/aromatic N) is 1. The first-order valence-corrected chi connectivity index (χ1v) is 14.1. The number of carbonyl (C=O) groups excluding carboxylic acids is 2. The molecular weight excluding hydrogens is 536 g/mol. The summed E-state index contributed by atoms with van der Waals surface area (Å²) in [6, 6.07) is 23.6. The first-order chi connectivity index (χ1) is 18.6. The van der Waals surface area contributed by atoms with Crippen LogP contribution in [0.15, 0.2) is 90.3 Å². The van der Waals surface area contributed by atoms with E-state index in [1.54, 1.807) is 86.6 Å².